The number of rotatable bonds is 5. The van der Waals surface area contributed by atoms with Crippen molar-refractivity contribution < 1.29 is 19.4 Å². The monoisotopic (exact) mass is 412 g/mol. The normalized spacial score (nSPS) is 13.3. The maximum Gasteiger partial charge on any atom is 0.436 e. The molecule has 0 aliphatic carbocycles. The lowest BCUT2D eigenvalue weighted by Gasteiger charge is -2.18. The molecule has 1 heterocycles. The molecule has 152 valence electrons. The Labute approximate surface area is 173 Å². The molecule has 0 spiro atoms. The van der Waals surface area contributed by atoms with Crippen molar-refractivity contribution in [3.63, 3.8) is 0 Å². The first kappa shape index (κ1) is 20.8. The molecule has 1 unspecified atom stereocenters. The number of nitrogens with zero attached hydrogens (tertiary/aromatic N) is 1. The summed E-state index contributed by atoms with van der Waals surface area (Å²) in [4.78, 5) is 16.4. The highest BCUT2D eigenvalue weighted by atomic mass is 32.1. The van der Waals surface area contributed by atoms with Crippen molar-refractivity contribution in [1.29, 1.82) is 0 Å². The highest BCUT2D eigenvalue weighted by Crippen LogP contribution is 2.35. The SMILES string of the molecule is CC(C)(C)OC(=O)/N=C(/N)c1cc2c(OC(CO)c3ccccc3)cccc2s1. The summed E-state index contributed by atoms with van der Waals surface area (Å²) in [5, 5.41) is 10.6. The number of thiophene rings is 1. The first-order valence-corrected chi connectivity index (χ1v) is 10.0. The first-order chi connectivity index (χ1) is 13.8. The van der Waals surface area contributed by atoms with Gasteiger partial charge in [-0.15, -0.1) is 11.3 Å². The Bertz CT molecular complexity index is 1020. The molecule has 0 radical (unpaired) electrons. The van der Waals surface area contributed by atoms with Gasteiger partial charge in [-0.05, 0) is 44.5 Å². The molecular weight excluding hydrogens is 388 g/mol. The van der Waals surface area contributed by atoms with Gasteiger partial charge in [0.25, 0.3) is 0 Å². The van der Waals surface area contributed by atoms with E-state index in [-0.39, 0.29) is 12.4 Å². The van der Waals surface area contributed by atoms with E-state index in [0.717, 1.165) is 15.6 Å². The molecule has 6 nitrogen and oxygen atoms in total. The molecule has 3 N–H and O–H groups in total. The fourth-order valence-electron chi connectivity index (χ4n) is 2.73. The Morgan fingerprint density at radius 2 is 1.90 bits per heavy atom. The number of nitrogens with two attached hydrogens (primary N) is 1. The van der Waals surface area contributed by atoms with Gasteiger partial charge in [0.15, 0.2) is 0 Å². The molecule has 1 aromatic heterocycles. The third kappa shape index (κ3) is 5.34. The van der Waals surface area contributed by atoms with Gasteiger partial charge < -0.3 is 20.3 Å². The number of hydrogen-bond acceptors (Lipinski definition) is 5. The Morgan fingerprint density at radius 1 is 1.17 bits per heavy atom. The van der Waals surface area contributed by atoms with Gasteiger partial charge in [-0.1, -0.05) is 36.4 Å². The van der Waals surface area contributed by atoms with Crippen LogP contribution in [0.15, 0.2) is 59.6 Å². The number of aliphatic hydroxyl groups is 1. The number of aliphatic imine (C=N–C) groups is 1. The molecule has 0 aliphatic heterocycles. The van der Waals surface area contributed by atoms with Crippen LogP contribution in [0, 0.1) is 0 Å². The van der Waals surface area contributed by atoms with Crippen LogP contribution in [0.5, 0.6) is 5.75 Å². The van der Waals surface area contributed by atoms with E-state index in [1.165, 1.54) is 11.3 Å². The third-order valence-corrected chi connectivity index (χ3v) is 5.11. The summed E-state index contributed by atoms with van der Waals surface area (Å²) in [6, 6.07) is 17.0. The lowest BCUT2D eigenvalue weighted by molar-refractivity contribution is 0.0604. The van der Waals surface area contributed by atoms with Crippen molar-refractivity contribution in [2.75, 3.05) is 6.61 Å². The van der Waals surface area contributed by atoms with Crippen molar-refractivity contribution >= 4 is 33.4 Å². The fourth-order valence-corrected chi connectivity index (χ4v) is 3.71. The van der Waals surface area contributed by atoms with E-state index in [0.29, 0.717) is 10.6 Å². The van der Waals surface area contributed by atoms with Crippen LogP contribution in [0.1, 0.15) is 37.3 Å². The van der Waals surface area contributed by atoms with E-state index in [9.17, 15) is 9.90 Å². The van der Waals surface area contributed by atoms with E-state index in [1.807, 2.05) is 54.6 Å². The first-order valence-electron chi connectivity index (χ1n) is 9.19. The van der Waals surface area contributed by atoms with E-state index in [4.69, 9.17) is 15.2 Å². The van der Waals surface area contributed by atoms with Crippen molar-refractivity contribution in [1.82, 2.24) is 0 Å². The van der Waals surface area contributed by atoms with Crippen LogP contribution in [0.3, 0.4) is 0 Å². The molecule has 0 bridgehead atoms. The third-order valence-electron chi connectivity index (χ3n) is 3.99. The number of carbonyl (C=O) groups excluding carboxylic acids is 1. The van der Waals surface area contributed by atoms with Crippen molar-refractivity contribution in [3.05, 3.63) is 65.0 Å². The van der Waals surface area contributed by atoms with Gasteiger partial charge in [0.05, 0.1) is 11.5 Å². The molecule has 2 aromatic carbocycles. The molecule has 1 amide bonds. The van der Waals surface area contributed by atoms with Crippen LogP contribution < -0.4 is 10.5 Å². The molecule has 3 rings (SSSR count). The molecule has 0 fully saturated rings. The van der Waals surface area contributed by atoms with E-state index < -0.39 is 17.8 Å². The minimum atomic E-state index is -0.728. The molecular formula is C22H24N2O4S. The van der Waals surface area contributed by atoms with Gasteiger partial charge in [0, 0.05) is 10.1 Å². The van der Waals surface area contributed by atoms with Gasteiger partial charge in [-0.2, -0.15) is 4.99 Å². The van der Waals surface area contributed by atoms with Crippen LogP contribution >= 0.6 is 11.3 Å². The minimum Gasteiger partial charge on any atom is -0.483 e. The standard InChI is InChI=1S/C22H24N2O4S/c1-22(2,3)28-21(26)24-20(23)19-12-15-16(10-7-11-18(15)29-19)27-17(13-25)14-8-5-4-6-9-14/h4-12,17,25H,13H2,1-3H3,(H2,23,24,26). The minimum absolute atomic E-state index is 0.0909. The summed E-state index contributed by atoms with van der Waals surface area (Å²) in [6.45, 7) is 5.15. The predicted molar refractivity (Wildman–Crippen MR) is 116 cm³/mol. The maximum atomic E-state index is 11.9. The second kappa shape index (κ2) is 8.63. The van der Waals surface area contributed by atoms with Crippen molar-refractivity contribution in [2.45, 2.75) is 32.5 Å². The maximum absolute atomic E-state index is 11.9. The van der Waals surface area contributed by atoms with Gasteiger partial charge in [-0.25, -0.2) is 4.79 Å². The second-order valence-corrected chi connectivity index (χ2v) is 8.54. The lowest BCUT2D eigenvalue weighted by Crippen LogP contribution is -2.24. The number of hydrogen-bond donors (Lipinski definition) is 2. The Morgan fingerprint density at radius 3 is 2.55 bits per heavy atom. The molecule has 3 aromatic rings. The molecule has 29 heavy (non-hydrogen) atoms. The van der Waals surface area contributed by atoms with Crippen LogP contribution in [-0.2, 0) is 4.74 Å². The number of carbonyl (C=O) groups is 1. The number of amides is 1. The summed E-state index contributed by atoms with van der Waals surface area (Å²) in [6.07, 6.45) is -1.22. The summed E-state index contributed by atoms with van der Waals surface area (Å²) in [7, 11) is 0. The highest BCUT2D eigenvalue weighted by Gasteiger charge is 2.18. The molecule has 1 atom stereocenters. The Balaban J connectivity index is 1.88. The highest BCUT2D eigenvalue weighted by molar-refractivity contribution is 7.21. The topological polar surface area (TPSA) is 94.1 Å². The number of aliphatic hydroxyl groups excluding tert-OH is 1. The number of benzene rings is 2. The van der Waals surface area contributed by atoms with Crippen LogP contribution in [0.4, 0.5) is 4.79 Å². The van der Waals surface area contributed by atoms with Crippen molar-refractivity contribution in [3.8, 4) is 5.75 Å². The summed E-state index contributed by atoms with van der Waals surface area (Å²) in [5.74, 6) is 0.714. The van der Waals surface area contributed by atoms with Crippen LogP contribution in [-0.4, -0.2) is 29.2 Å². The molecule has 0 saturated carbocycles. The number of ether oxygens (including phenoxy) is 2. The van der Waals surface area contributed by atoms with Gasteiger partial charge in [0.1, 0.15) is 23.3 Å². The zero-order chi connectivity index (χ0) is 21.0. The zero-order valence-corrected chi connectivity index (χ0v) is 17.4. The molecule has 0 saturated heterocycles. The van der Waals surface area contributed by atoms with Gasteiger partial charge in [0.2, 0.25) is 0 Å². The smallest absolute Gasteiger partial charge is 0.436 e. The zero-order valence-electron chi connectivity index (χ0n) is 16.6. The van der Waals surface area contributed by atoms with Crippen LogP contribution in [0.25, 0.3) is 10.1 Å². The molecule has 0 aliphatic rings. The van der Waals surface area contributed by atoms with Gasteiger partial charge >= 0.3 is 6.09 Å². The van der Waals surface area contributed by atoms with Crippen LogP contribution in [0.2, 0.25) is 0 Å². The number of fused-ring (bicyclic) bond motifs is 1. The van der Waals surface area contributed by atoms with E-state index >= 15 is 0 Å². The summed E-state index contributed by atoms with van der Waals surface area (Å²) in [5.41, 5.74) is 6.27. The average Bonchev–Trinajstić information content (AvgIpc) is 3.10. The number of amidine groups is 1. The summed E-state index contributed by atoms with van der Waals surface area (Å²) >= 11 is 1.40. The quantitative estimate of drug-likeness (QED) is 0.470. The Kier molecular flexibility index (Phi) is 6.20. The van der Waals surface area contributed by atoms with E-state index in [2.05, 4.69) is 4.99 Å². The summed E-state index contributed by atoms with van der Waals surface area (Å²) < 4.78 is 12.2. The predicted octanol–water partition coefficient (Wildman–Crippen LogP) is 4.65. The lowest BCUT2D eigenvalue weighted by atomic mass is 10.1. The largest absolute Gasteiger partial charge is 0.483 e. The molecule has 7 heteroatoms. The van der Waals surface area contributed by atoms with E-state index in [1.54, 1.807) is 20.8 Å². The van der Waals surface area contributed by atoms with Gasteiger partial charge in [-0.3, -0.25) is 0 Å². The average molecular weight is 413 g/mol. The second-order valence-electron chi connectivity index (χ2n) is 7.46. The fraction of sp³-hybridized carbons (Fsp3) is 0.273. The Hall–Kier alpha value is -2.90. The van der Waals surface area contributed by atoms with Crippen molar-refractivity contribution in [2.24, 2.45) is 10.7 Å².